The molecule has 1 N–H and O–H groups in total. The molecule has 3 nitrogen and oxygen atoms in total. The van der Waals surface area contributed by atoms with Gasteiger partial charge in [-0.05, 0) is 19.1 Å². The van der Waals surface area contributed by atoms with Crippen LogP contribution in [0.15, 0.2) is 28.7 Å². The number of ether oxygens (including phenoxy) is 1. The van der Waals surface area contributed by atoms with Crippen molar-refractivity contribution in [1.82, 2.24) is 5.32 Å². The normalized spacial score (nSPS) is 13.7. The van der Waals surface area contributed by atoms with Crippen LogP contribution in [-0.2, 0) is 0 Å². The number of nitrogens with one attached hydrogen (secondary N) is 1. The van der Waals surface area contributed by atoms with Crippen molar-refractivity contribution in [1.29, 1.82) is 0 Å². The van der Waals surface area contributed by atoms with E-state index in [1.807, 2.05) is 6.07 Å². The van der Waals surface area contributed by atoms with Gasteiger partial charge in [0.1, 0.15) is 5.76 Å². The lowest BCUT2D eigenvalue weighted by atomic mass is 10.2. The fraction of sp³-hybridized carbons (Fsp3) is 0.385. The average molecular weight is 273 g/mol. The molecule has 19 heavy (non-hydrogen) atoms. The van der Waals surface area contributed by atoms with Crippen LogP contribution >= 0.6 is 0 Å². The van der Waals surface area contributed by atoms with Gasteiger partial charge in [0.25, 0.3) is 0 Å². The largest absolute Gasteiger partial charge is 0.493 e. The first-order valence-electron chi connectivity index (χ1n) is 5.77. The highest BCUT2D eigenvalue weighted by atomic mass is 19.4. The van der Waals surface area contributed by atoms with Crippen LogP contribution in [0.3, 0.4) is 0 Å². The van der Waals surface area contributed by atoms with E-state index in [2.05, 4.69) is 5.32 Å². The summed E-state index contributed by atoms with van der Waals surface area (Å²) in [5.41, 5.74) is 0.542. The quantitative estimate of drug-likeness (QED) is 0.923. The minimum Gasteiger partial charge on any atom is -0.493 e. The maximum absolute atomic E-state index is 12.1. The van der Waals surface area contributed by atoms with Gasteiger partial charge >= 0.3 is 6.18 Å². The summed E-state index contributed by atoms with van der Waals surface area (Å²) in [6, 6.07) is 6.55. The number of hydrogen-bond donors (Lipinski definition) is 1. The molecule has 0 saturated carbocycles. The summed E-state index contributed by atoms with van der Waals surface area (Å²) in [6.45, 7) is 0.568. The molecule has 1 unspecified atom stereocenters. The highest BCUT2D eigenvalue weighted by Gasteiger charge is 2.28. The summed E-state index contributed by atoms with van der Waals surface area (Å²) in [7, 11) is 1.52. The SMILES string of the molecule is COc1cccc2cc(C(C)NCC(F)(F)F)oc12. The van der Waals surface area contributed by atoms with Gasteiger partial charge in [-0.25, -0.2) is 0 Å². The Hall–Kier alpha value is -1.69. The zero-order valence-corrected chi connectivity index (χ0v) is 10.5. The van der Waals surface area contributed by atoms with Crippen LogP contribution in [0.1, 0.15) is 18.7 Å². The molecule has 1 heterocycles. The van der Waals surface area contributed by atoms with Gasteiger partial charge in [0.2, 0.25) is 0 Å². The summed E-state index contributed by atoms with van der Waals surface area (Å²) in [4.78, 5) is 0. The van der Waals surface area contributed by atoms with Crippen LogP contribution < -0.4 is 10.1 Å². The van der Waals surface area contributed by atoms with Crippen LogP contribution in [0.4, 0.5) is 13.2 Å². The Morgan fingerprint density at radius 2 is 2.11 bits per heavy atom. The predicted octanol–water partition coefficient (Wildman–Crippen LogP) is 3.65. The Morgan fingerprint density at radius 1 is 1.37 bits per heavy atom. The zero-order chi connectivity index (χ0) is 14.0. The van der Waals surface area contributed by atoms with Gasteiger partial charge in [0, 0.05) is 5.39 Å². The molecular formula is C13H14F3NO2. The van der Waals surface area contributed by atoms with E-state index in [0.29, 0.717) is 17.1 Å². The number of alkyl halides is 3. The lowest BCUT2D eigenvalue weighted by molar-refractivity contribution is -0.126. The first kappa shape index (κ1) is 13.7. The third-order valence-corrected chi connectivity index (χ3v) is 2.78. The molecule has 104 valence electrons. The molecule has 0 radical (unpaired) electrons. The minimum atomic E-state index is -4.24. The molecule has 0 aliphatic rings. The van der Waals surface area contributed by atoms with E-state index in [9.17, 15) is 13.2 Å². The summed E-state index contributed by atoms with van der Waals surface area (Å²) in [5, 5.41) is 3.18. The average Bonchev–Trinajstić information content (AvgIpc) is 2.78. The van der Waals surface area contributed by atoms with Gasteiger partial charge in [-0.1, -0.05) is 12.1 Å². The van der Waals surface area contributed by atoms with Gasteiger partial charge < -0.3 is 9.15 Å². The molecule has 1 atom stereocenters. The molecule has 6 heteroatoms. The van der Waals surface area contributed by atoms with Crippen LogP contribution in [0.25, 0.3) is 11.0 Å². The zero-order valence-electron chi connectivity index (χ0n) is 10.5. The Bertz CT molecular complexity index is 563. The van der Waals surface area contributed by atoms with Crippen LogP contribution in [0.2, 0.25) is 0 Å². The summed E-state index contributed by atoms with van der Waals surface area (Å²) < 4.78 is 47.1. The predicted molar refractivity (Wildman–Crippen MR) is 65.2 cm³/mol. The monoisotopic (exact) mass is 273 g/mol. The fourth-order valence-corrected chi connectivity index (χ4v) is 1.80. The van der Waals surface area contributed by atoms with Crippen molar-refractivity contribution in [2.24, 2.45) is 0 Å². The highest BCUT2D eigenvalue weighted by molar-refractivity contribution is 5.83. The fourth-order valence-electron chi connectivity index (χ4n) is 1.80. The molecule has 0 saturated heterocycles. The van der Waals surface area contributed by atoms with E-state index >= 15 is 0 Å². The molecule has 2 aromatic rings. The van der Waals surface area contributed by atoms with E-state index in [1.54, 1.807) is 25.1 Å². The van der Waals surface area contributed by atoms with Crippen LogP contribution in [0.5, 0.6) is 5.75 Å². The molecule has 1 aromatic heterocycles. The number of rotatable bonds is 4. The molecule has 0 bridgehead atoms. The van der Waals surface area contributed by atoms with Crippen LogP contribution in [0, 0.1) is 0 Å². The Balaban J connectivity index is 2.21. The van der Waals surface area contributed by atoms with E-state index in [1.165, 1.54) is 7.11 Å². The third kappa shape index (κ3) is 3.20. The summed E-state index contributed by atoms with van der Waals surface area (Å²) in [6.07, 6.45) is -4.24. The third-order valence-electron chi connectivity index (χ3n) is 2.78. The minimum absolute atomic E-state index is 0.448. The number of para-hydroxylation sites is 1. The van der Waals surface area contributed by atoms with Crippen LogP contribution in [-0.4, -0.2) is 19.8 Å². The number of benzene rings is 1. The molecule has 0 amide bonds. The Labute approximate surface area is 108 Å². The molecule has 0 aliphatic heterocycles. The first-order chi connectivity index (χ1) is 8.90. The van der Waals surface area contributed by atoms with Gasteiger partial charge in [0.15, 0.2) is 11.3 Å². The van der Waals surface area contributed by atoms with Crippen molar-refractivity contribution in [2.45, 2.75) is 19.1 Å². The second-order valence-electron chi connectivity index (χ2n) is 4.25. The first-order valence-corrected chi connectivity index (χ1v) is 5.77. The van der Waals surface area contributed by atoms with Crippen molar-refractivity contribution >= 4 is 11.0 Å². The number of furan rings is 1. The van der Waals surface area contributed by atoms with Crippen molar-refractivity contribution in [2.75, 3.05) is 13.7 Å². The topological polar surface area (TPSA) is 34.4 Å². The standard InChI is InChI=1S/C13H14F3NO2/c1-8(17-7-13(14,15)16)11-6-9-4-3-5-10(18-2)12(9)19-11/h3-6,8,17H,7H2,1-2H3. The smallest absolute Gasteiger partial charge is 0.401 e. The summed E-state index contributed by atoms with van der Waals surface area (Å²) in [5.74, 6) is 1.01. The van der Waals surface area contributed by atoms with Crippen molar-refractivity contribution in [3.05, 3.63) is 30.0 Å². The van der Waals surface area contributed by atoms with Crippen molar-refractivity contribution in [3.63, 3.8) is 0 Å². The van der Waals surface area contributed by atoms with E-state index in [0.717, 1.165) is 5.39 Å². The Morgan fingerprint density at radius 3 is 2.74 bits per heavy atom. The molecular weight excluding hydrogens is 259 g/mol. The molecule has 2 rings (SSSR count). The maximum atomic E-state index is 12.1. The van der Waals surface area contributed by atoms with Gasteiger partial charge in [0.05, 0.1) is 19.7 Å². The lowest BCUT2D eigenvalue weighted by Gasteiger charge is -2.12. The van der Waals surface area contributed by atoms with Crippen molar-refractivity contribution < 1.29 is 22.3 Å². The second-order valence-corrected chi connectivity index (χ2v) is 4.25. The number of halogens is 3. The van der Waals surface area contributed by atoms with Gasteiger partial charge in [-0.15, -0.1) is 0 Å². The maximum Gasteiger partial charge on any atom is 0.401 e. The van der Waals surface area contributed by atoms with Crippen molar-refractivity contribution in [3.8, 4) is 5.75 Å². The summed E-state index contributed by atoms with van der Waals surface area (Å²) >= 11 is 0. The Kier molecular flexibility index (Phi) is 3.71. The van der Waals surface area contributed by atoms with Gasteiger partial charge in [-0.2, -0.15) is 13.2 Å². The van der Waals surface area contributed by atoms with E-state index < -0.39 is 18.8 Å². The molecule has 0 fully saturated rings. The molecule has 0 aliphatic carbocycles. The number of methoxy groups -OCH3 is 1. The highest BCUT2D eigenvalue weighted by Crippen LogP contribution is 2.31. The molecule has 1 aromatic carbocycles. The number of hydrogen-bond acceptors (Lipinski definition) is 3. The van der Waals surface area contributed by atoms with Gasteiger partial charge in [-0.3, -0.25) is 5.32 Å². The number of fused-ring (bicyclic) bond motifs is 1. The lowest BCUT2D eigenvalue weighted by Crippen LogP contribution is -2.30. The van der Waals surface area contributed by atoms with E-state index in [4.69, 9.17) is 9.15 Å². The molecule has 0 spiro atoms. The van der Waals surface area contributed by atoms with E-state index in [-0.39, 0.29) is 0 Å². The second kappa shape index (κ2) is 5.13.